The number of carbonyl (C=O) groups is 3. The van der Waals surface area contributed by atoms with Gasteiger partial charge in [-0.15, -0.1) is 0 Å². The maximum absolute atomic E-state index is 12.4. The van der Waals surface area contributed by atoms with Gasteiger partial charge in [0.2, 0.25) is 5.91 Å². The van der Waals surface area contributed by atoms with Crippen molar-refractivity contribution in [3.05, 3.63) is 46.3 Å². The Balaban J connectivity index is 2.05. The van der Waals surface area contributed by atoms with Crippen LogP contribution in [0.5, 0.6) is 5.75 Å². The predicted molar refractivity (Wildman–Crippen MR) is 100 cm³/mol. The van der Waals surface area contributed by atoms with Gasteiger partial charge in [0.05, 0.1) is 32.0 Å². The summed E-state index contributed by atoms with van der Waals surface area (Å²) < 4.78 is 9.93. The molecule has 0 aliphatic carbocycles. The summed E-state index contributed by atoms with van der Waals surface area (Å²) in [6, 6.07) is 5.40. The Kier molecular flexibility index (Phi) is 6.23. The number of methoxy groups -OCH3 is 2. The number of carbonyl (C=O) groups excluding carboxylic acids is 3. The van der Waals surface area contributed by atoms with Gasteiger partial charge in [-0.25, -0.2) is 4.79 Å². The average Bonchev–Trinajstić information content (AvgIpc) is 2.93. The third-order valence-corrected chi connectivity index (χ3v) is 4.09. The van der Waals surface area contributed by atoms with Crippen LogP contribution in [0.25, 0.3) is 0 Å². The number of amides is 2. The molecule has 0 unspecified atom stereocenters. The minimum absolute atomic E-state index is 0.217. The Morgan fingerprint density at radius 2 is 1.81 bits per heavy atom. The Morgan fingerprint density at radius 1 is 1.11 bits per heavy atom. The summed E-state index contributed by atoms with van der Waals surface area (Å²) in [5.41, 5.74) is 3.01. The number of hydrogen-bond acceptors (Lipinski definition) is 5. The average molecular weight is 373 g/mol. The number of anilines is 1. The molecule has 27 heavy (non-hydrogen) atoms. The summed E-state index contributed by atoms with van der Waals surface area (Å²) in [6.07, 6.45) is 0. The van der Waals surface area contributed by atoms with Crippen molar-refractivity contribution in [3.8, 4) is 5.75 Å². The quantitative estimate of drug-likeness (QED) is 0.672. The second-order valence-electron chi connectivity index (χ2n) is 6.05. The number of benzene rings is 1. The molecule has 0 radical (unpaired) electrons. The lowest BCUT2D eigenvalue weighted by Crippen LogP contribution is -2.33. The van der Waals surface area contributed by atoms with E-state index in [2.05, 4.69) is 15.6 Å². The summed E-state index contributed by atoms with van der Waals surface area (Å²) >= 11 is 0. The molecule has 0 saturated carbocycles. The Hall–Kier alpha value is -3.29. The molecule has 2 aromatic rings. The minimum atomic E-state index is -0.524. The highest BCUT2D eigenvalue weighted by molar-refractivity contribution is 6.02. The molecule has 8 heteroatoms. The Morgan fingerprint density at radius 3 is 2.44 bits per heavy atom. The molecule has 0 bridgehead atoms. The topological polar surface area (TPSA) is 110 Å². The van der Waals surface area contributed by atoms with Crippen molar-refractivity contribution >= 4 is 23.5 Å². The zero-order chi connectivity index (χ0) is 20.1. The maximum atomic E-state index is 12.4. The normalized spacial score (nSPS) is 10.3. The predicted octanol–water partition coefficient (Wildman–Crippen LogP) is 2.10. The molecule has 0 aliphatic rings. The first-order chi connectivity index (χ1) is 12.8. The summed E-state index contributed by atoms with van der Waals surface area (Å²) in [5.74, 6) is -0.887. The van der Waals surface area contributed by atoms with Gasteiger partial charge >= 0.3 is 5.97 Å². The monoisotopic (exact) mass is 373 g/mol. The van der Waals surface area contributed by atoms with Crippen LogP contribution in [0.2, 0.25) is 0 Å². The molecule has 2 amide bonds. The van der Waals surface area contributed by atoms with Crippen LogP contribution in [0.3, 0.4) is 0 Å². The van der Waals surface area contributed by atoms with Crippen LogP contribution in [0.1, 0.15) is 37.7 Å². The summed E-state index contributed by atoms with van der Waals surface area (Å²) in [7, 11) is 2.79. The van der Waals surface area contributed by atoms with Crippen molar-refractivity contribution in [1.82, 2.24) is 10.3 Å². The lowest BCUT2D eigenvalue weighted by atomic mass is 10.1. The molecule has 0 atom stereocenters. The summed E-state index contributed by atoms with van der Waals surface area (Å²) in [6.45, 7) is 4.97. The molecule has 3 N–H and O–H groups in total. The van der Waals surface area contributed by atoms with Crippen LogP contribution in [0, 0.1) is 20.8 Å². The van der Waals surface area contributed by atoms with Crippen molar-refractivity contribution in [2.24, 2.45) is 0 Å². The zero-order valence-electron chi connectivity index (χ0n) is 16.0. The number of hydrogen-bond donors (Lipinski definition) is 3. The standard InChI is InChI=1S/C19H23N3O5/c1-10-6-7-14(26-4)13(8-10)22-15(23)9-20-18(24)17-11(2)16(12(3)21-17)19(25)27-5/h6-8,21H,9H2,1-5H3,(H,20,24)(H,22,23). The molecule has 1 aromatic heterocycles. The van der Waals surface area contributed by atoms with Crippen molar-refractivity contribution in [1.29, 1.82) is 0 Å². The van der Waals surface area contributed by atoms with E-state index in [1.165, 1.54) is 14.2 Å². The molecule has 1 heterocycles. The Labute approximate surface area is 157 Å². The summed E-state index contributed by atoms with van der Waals surface area (Å²) in [4.78, 5) is 39.2. The van der Waals surface area contributed by atoms with Crippen LogP contribution in [-0.4, -0.2) is 43.5 Å². The van der Waals surface area contributed by atoms with Crippen LogP contribution >= 0.6 is 0 Å². The number of esters is 1. The van der Waals surface area contributed by atoms with Gasteiger partial charge in [0.1, 0.15) is 11.4 Å². The zero-order valence-corrected chi connectivity index (χ0v) is 16.0. The number of aromatic nitrogens is 1. The molecule has 8 nitrogen and oxygen atoms in total. The lowest BCUT2D eigenvalue weighted by Gasteiger charge is -2.11. The number of ether oxygens (including phenoxy) is 2. The van der Waals surface area contributed by atoms with Gasteiger partial charge in [-0.3, -0.25) is 9.59 Å². The third kappa shape index (κ3) is 4.46. The fourth-order valence-electron chi connectivity index (χ4n) is 2.75. The highest BCUT2D eigenvalue weighted by Gasteiger charge is 2.22. The fourth-order valence-corrected chi connectivity index (χ4v) is 2.75. The summed E-state index contributed by atoms with van der Waals surface area (Å²) in [5, 5.41) is 5.24. The number of aryl methyl sites for hydroxylation is 2. The van der Waals surface area contributed by atoms with E-state index < -0.39 is 17.8 Å². The van der Waals surface area contributed by atoms with E-state index in [1.54, 1.807) is 26.0 Å². The molecule has 0 saturated heterocycles. The van der Waals surface area contributed by atoms with Gasteiger partial charge in [0, 0.05) is 5.69 Å². The van der Waals surface area contributed by atoms with E-state index >= 15 is 0 Å². The molecular formula is C19H23N3O5. The van der Waals surface area contributed by atoms with Gasteiger partial charge in [-0.05, 0) is 44.0 Å². The van der Waals surface area contributed by atoms with Gasteiger partial charge in [0.25, 0.3) is 5.91 Å². The van der Waals surface area contributed by atoms with E-state index in [4.69, 9.17) is 9.47 Å². The molecule has 0 fully saturated rings. The third-order valence-electron chi connectivity index (χ3n) is 4.09. The second kappa shape index (κ2) is 8.39. The smallest absolute Gasteiger partial charge is 0.339 e. The van der Waals surface area contributed by atoms with E-state index in [0.29, 0.717) is 28.3 Å². The highest BCUT2D eigenvalue weighted by atomic mass is 16.5. The van der Waals surface area contributed by atoms with E-state index in [0.717, 1.165) is 5.56 Å². The van der Waals surface area contributed by atoms with Gasteiger partial charge in [0.15, 0.2) is 0 Å². The minimum Gasteiger partial charge on any atom is -0.495 e. The van der Waals surface area contributed by atoms with E-state index in [1.807, 2.05) is 13.0 Å². The van der Waals surface area contributed by atoms with Gasteiger partial charge in [-0.2, -0.15) is 0 Å². The van der Waals surface area contributed by atoms with Gasteiger partial charge < -0.3 is 25.1 Å². The Bertz CT molecular complexity index is 886. The van der Waals surface area contributed by atoms with Crippen molar-refractivity contribution in [2.45, 2.75) is 20.8 Å². The largest absolute Gasteiger partial charge is 0.495 e. The molecular weight excluding hydrogens is 350 g/mol. The second-order valence-corrected chi connectivity index (χ2v) is 6.05. The molecule has 144 valence electrons. The fraction of sp³-hybridized carbons (Fsp3) is 0.316. The number of rotatable bonds is 6. The van der Waals surface area contributed by atoms with Crippen LogP contribution < -0.4 is 15.4 Å². The lowest BCUT2D eigenvalue weighted by molar-refractivity contribution is -0.115. The number of aromatic amines is 1. The maximum Gasteiger partial charge on any atom is 0.339 e. The van der Waals surface area contributed by atoms with Gasteiger partial charge in [-0.1, -0.05) is 6.07 Å². The van der Waals surface area contributed by atoms with E-state index in [-0.39, 0.29) is 12.2 Å². The molecule has 0 aliphatic heterocycles. The number of H-pyrrole nitrogens is 1. The molecule has 0 spiro atoms. The van der Waals surface area contributed by atoms with Crippen LogP contribution in [0.15, 0.2) is 18.2 Å². The first-order valence-electron chi connectivity index (χ1n) is 8.28. The SMILES string of the molecule is COC(=O)c1c(C)[nH]c(C(=O)NCC(=O)Nc2cc(C)ccc2OC)c1C. The highest BCUT2D eigenvalue weighted by Crippen LogP contribution is 2.25. The first kappa shape index (κ1) is 20.0. The van der Waals surface area contributed by atoms with Crippen molar-refractivity contribution in [3.63, 3.8) is 0 Å². The molecule has 1 aromatic carbocycles. The number of nitrogens with one attached hydrogen (secondary N) is 3. The first-order valence-corrected chi connectivity index (χ1v) is 8.28. The molecule has 2 rings (SSSR count). The van der Waals surface area contributed by atoms with Crippen LogP contribution in [0.4, 0.5) is 5.69 Å². The van der Waals surface area contributed by atoms with Crippen LogP contribution in [-0.2, 0) is 9.53 Å². The van der Waals surface area contributed by atoms with E-state index in [9.17, 15) is 14.4 Å². The van der Waals surface area contributed by atoms with Crippen molar-refractivity contribution in [2.75, 3.05) is 26.1 Å². The van der Waals surface area contributed by atoms with Crippen molar-refractivity contribution < 1.29 is 23.9 Å².